The molecule has 0 bridgehead atoms. The summed E-state index contributed by atoms with van der Waals surface area (Å²) in [5.74, 6) is -0.205. The zero-order chi connectivity index (χ0) is 7.72. The van der Waals surface area contributed by atoms with Crippen molar-refractivity contribution < 1.29 is 4.39 Å². The van der Waals surface area contributed by atoms with Gasteiger partial charge in [0.2, 0.25) is 0 Å². The molecule has 0 atom stereocenters. The summed E-state index contributed by atoms with van der Waals surface area (Å²) in [6, 6.07) is 3.53. The number of hydrogen-bond donors (Lipinski definition) is 1. The summed E-state index contributed by atoms with van der Waals surface area (Å²) < 4.78 is 12.9. The van der Waals surface area contributed by atoms with Gasteiger partial charge in [-0.3, -0.25) is 0 Å². The van der Waals surface area contributed by atoms with Crippen LogP contribution in [0.5, 0.6) is 0 Å². The maximum atomic E-state index is 12.9. The first-order valence-electron chi connectivity index (χ1n) is 3.07. The Balaban J connectivity index is 3.34. The first-order chi connectivity index (χ1) is 4.63. The second kappa shape index (κ2) is 2.62. The molecular weight excluding hydrogens is 147 g/mol. The van der Waals surface area contributed by atoms with Crippen molar-refractivity contribution in [3.63, 3.8) is 0 Å². The van der Waals surface area contributed by atoms with Crippen LogP contribution in [0.3, 0.4) is 0 Å². The molecule has 54 valence electrons. The zero-order valence-corrected chi connectivity index (χ0v) is 6.87. The van der Waals surface area contributed by atoms with Crippen molar-refractivity contribution >= 4 is 12.6 Å². The van der Waals surface area contributed by atoms with Crippen LogP contribution in [0.4, 0.5) is 4.39 Å². The van der Waals surface area contributed by atoms with Crippen LogP contribution in [-0.4, -0.2) is 0 Å². The molecule has 0 fully saturated rings. The molecule has 0 aliphatic rings. The molecule has 0 radical (unpaired) electrons. The van der Waals surface area contributed by atoms with E-state index in [2.05, 4.69) is 12.6 Å². The van der Waals surface area contributed by atoms with Crippen molar-refractivity contribution in [2.45, 2.75) is 18.7 Å². The van der Waals surface area contributed by atoms with Gasteiger partial charge < -0.3 is 0 Å². The molecule has 1 rings (SSSR count). The molecule has 0 saturated heterocycles. The fraction of sp³-hybridized carbons (Fsp3) is 0.250. The Hall–Kier alpha value is -0.500. The van der Waals surface area contributed by atoms with Crippen LogP contribution in [-0.2, 0) is 0 Å². The molecule has 1 aromatic carbocycles. The SMILES string of the molecule is Cc1ccc(S)c(F)c1C. The van der Waals surface area contributed by atoms with Crippen LogP contribution in [0.1, 0.15) is 11.1 Å². The van der Waals surface area contributed by atoms with Gasteiger partial charge in [0.25, 0.3) is 0 Å². The van der Waals surface area contributed by atoms with Gasteiger partial charge in [-0.1, -0.05) is 6.07 Å². The highest BCUT2D eigenvalue weighted by Gasteiger charge is 2.02. The minimum Gasteiger partial charge on any atom is -0.205 e. The minimum atomic E-state index is -0.205. The number of aryl methyl sites for hydroxylation is 1. The summed E-state index contributed by atoms with van der Waals surface area (Å²) in [6.07, 6.45) is 0. The Morgan fingerprint density at radius 3 is 2.40 bits per heavy atom. The lowest BCUT2D eigenvalue weighted by atomic mass is 10.1. The number of thiol groups is 1. The standard InChI is InChI=1S/C8H9FS/c1-5-3-4-7(10)8(9)6(5)2/h3-4,10H,1-2H3. The van der Waals surface area contributed by atoms with Crippen molar-refractivity contribution in [3.05, 3.63) is 29.1 Å². The molecule has 0 unspecified atom stereocenters. The van der Waals surface area contributed by atoms with Gasteiger partial charge in [0.05, 0.1) is 0 Å². The highest BCUT2D eigenvalue weighted by atomic mass is 32.1. The highest BCUT2D eigenvalue weighted by Crippen LogP contribution is 2.18. The molecular formula is C8H9FS. The highest BCUT2D eigenvalue weighted by molar-refractivity contribution is 7.80. The van der Waals surface area contributed by atoms with Crippen LogP contribution in [0.25, 0.3) is 0 Å². The third kappa shape index (κ3) is 1.16. The van der Waals surface area contributed by atoms with Crippen LogP contribution in [0, 0.1) is 19.7 Å². The van der Waals surface area contributed by atoms with Crippen LogP contribution < -0.4 is 0 Å². The van der Waals surface area contributed by atoms with Gasteiger partial charge in [-0.2, -0.15) is 0 Å². The van der Waals surface area contributed by atoms with Crippen LogP contribution in [0.2, 0.25) is 0 Å². The Kier molecular flexibility index (Phi) is 2.00. The number of rotatable bonds is 0. The fourth-order valence-corrected chi connectivity index (χ4v) is 1.01. The lowest BCUT2D eigenvalue weighted by Gasteiger charge is -2.01. The Morgan fingerprint density at radius 1 is 1.30 bits per heavy atom. The molecule has 1 aromatic rings. The average molecular weight is 156 g/mol. The van der Waals surface area contributed by atoms with E-state index < -0.39 is 0 Å². The van der Waals surface area contributed by atoms with E-state index in [1.165, 1.54) is 0 Å². The van der Waals surface area contributed by atoms with Gasteiger partial charge in [-0.15, -0.1) is 12.6 Å². The van der Waals surface area contributed by atoms with Crippen molar-refractivity contribution in [2.75, 3.05) is 0 Å². The summed E-state index contributed by atoms with van der Waals surface area (Å²) in [5.41, 5.74) is 1.66. The Labute approximate surface area is 65.5 Å². The molecule has 0 aliphatic heterocycles. The van der Waals surface area contributed by atoms with E-state index >= 15 is 0 Å². The van der Waals surface area contributed by atoms with Gasteiger partial charge in [0.1, 0.15) is 5.82 Å². The summed E-state index contributed by atoms with van der Waals surface area (Å²) in [6.45, 7) is 3.63. The van der Waals surface area contributed by atoms with Crippen molar-refractivity contribution in [1.82, 2.24) is 0 Å². The van der Waals surface area contributed by atoms with Gasteiger partial charge in [-0.25, -0.2) is 4.39 Å². The molecule has 0 N–H and O–H groups in total. The Morgan fingerprint density at radius 2 is 1.90 bits per heavy atom. The second-order valence-electron chi connectivity index (χ2n) is 2.34. The van der Waals surface area contributed by atoms with E-state index in [-0.39, 0.29) is 5.82 Å². The molecule has 10 heavy (non-hydrogen) atoms. The normalized spacial score (nSPS) is 10.0. The average Bonchev–Trinajstić information content (AvgIpc) is 1.93. The van der Waals surface area contributed by atoms with Crippen molar-refractivity contribution in [1.29, 1.82) is 0 Å². The van der Waals surface area contributed by atoms with E-state index in [1.807, 2.05) is 13.0 Å². The largest absolute Gasteiger partial charge is 0.205 e. The van der Waals surface area contributed by atoms with Crippen LogP contribution in [0.15, 0.2) is 17.0 Å². The van der Waals surface area contributed by atoms with Crippen LogP contribution >= 0.6 is 12.6 Å². The molecule has 0 amide bonds. The number of halogens is 1. The molecule has 0 heterocycles. The number of hydrogen-bond acceptors (Lipinski definition) is 1. The Bertz CT molecular complexity index is 229. The minimum absolute atomic E-state index is 0.205. The third-order valence-corrected chi connectivity index (χ3v) is 1.98. The van der Waals surface area contributed by atoms with E-state index in [9.17, 15) is 4.39 Å². The smallest absolute Gasteiger partial charge is 0.139 e. The lowest BCUT2D eigenvalue weighted by Crippen LogP contribution is -1.87. The van der Waals surface area contributed by atoms with Gasteiger partial charge in [0, 0.05) is 4.90 Å². The first kappa shape index (κ1) is 7.61. The predicted molar refractivity (Wildman–Crippen MR) is 43.1 cm³/mol. The monoisotopic (exact) mass is 156 g/mol. The zero-order valence-electron chi connectivity index (χ0n) is 5.98. The van der Waals surface area contributed by atoms with Gasteiger partial charge in [-0.05, 0) is 31.0 Å². The molecule has 0 aromatic heterocycles. The van der Waals surface area contributed by atoms with Gasteiger partial charge in [0.15, 0.2) is 0 Å². The molecule has 0 nitrogen and oxygen atoms in total. The van der Waals surface area contributed by atoms with E-state index in [0.29, 0.717) is 10.5 Å². The number of benzene rings is 1. The molecule has 0 aliphatic carbocycles. The topological polar surface area (TPSA) is 0 Å². The fourth-order valence-electron chi connectivity index (χ4n) is 0.767. The molecule has 0 spiro atoms. The summed E-state index contributed by atoms with van der Waals surface area (Å²) >= 11 is 3.94. The maximum absolute atomic E-state index is 12.9. The second-order valence-corrected chi connectivity index (χ2v) is 2.82. The van der Waals surface area contributed by atoms with E-state index in [0.717, 1.165) is 5.56 Å². The summed E-state index contributed by atoms with van der Waals surface area (Å²) in [4.78, 5) is 0.420. The first-order valence-corrected chi connectivity index (χ1v) is 3.52. The summed E-state index contributed by atoms with van der Waals surface area (Å²) in [7, 11) is 0. The third-order valence-electron chi connectivity index (χ3n) is 1.64. The molecule has 2 heteroatoms. The lowest BCUT2D eigenvalue weighted by molar-refractivity contribution is 0.591. The maximum Gasteiger partial charge on any atom is 0.139 e. The predicted octanol–water partition coefficient (Wildman–Crippen LogP) is 2.73. The summed E-state index contributed by atoms with van der Waals surface area (Å²) in [5, 5.41) is 0. The van der Waals surface area contributed by atoms with E-state index in [1.54, 1.807) is 13.0 Å². The van der Waals surface area contributed by atoms with Gasteiger partial charge >= 0.3 is 0 Å². The quantitative estimate of drug-likeness (QED) is 0.548. The van der Waals surface area contributed by atoms with Crippen molar-refractivity contribution in [3.8, 4) is 0 Å². The molecule has 0 saturated carbocycles. The van der Waals surface area contributed by atoms with Crippen molar-refractivity contribution in [2.24, 2.45) is 0 Å². The van der Waals surface area contributed by atoms with E-state index in [4.69, 9.17) is 0 Å².